The lowest BCUT2D eigenvalue weighted by molar-refractivity contribution is -0.132. The smallest absolute Gasteiger partial charge is 0.330 e. The summed E-state index contributed by atoms with van der Waals surface area (Å²) in [5.41, 5.74) is 0.442. The molecule has 3 heteroatoms. The molecule has 2 nitrogen and oxygen atoms in total. The van der Waals surface area contributed by atoms with E-state index in [1.807, 2.05) is 6.92 Å². The van der Waals surface area contributed by atoms with E-state index in [0.717, 1.165) is 12.8 Å². The van der Waals surface area contributed by atoms with Crippen molar-refractivity contribution in [1.82, 2.24) is 0 Å². The van der Waals surface area contributed by atoms with Gasteiger partial charge in [-0.2, -0.15) is 0 Å². The Morgan fingerprint density at radius 2 is 2.10 bits per heavy atom. The molecule has 0 saturated carbocycles. The van der Waals surface area contributed by atoms with Gasteiger partial charge in [-0.1, -0.05) is 19.4 Å². The first-order valence-electron chi connectivity index (χ1n) is 3.08. The Labute approximate surface area is 66.0 Å². The summed E-state index contributed by atoms with van der Waals surface area (Å²) in [5, 5.41) is 8.34. The first kappa shape index (κ1) is 12.1. The Balaban J connectivity index is 0. The molecule has 0 spiro atoms. The minimum Gasteiger partial charge on any atom is -0.478 e. The lowest BCUT2D eigenvalue weighted by Gasteiger charge is -1.89. The van der Waals surface area contributed by atoms with Crippen LogP contribution < -0.4 is 0 Å². The third kappa shape index (κ3) is 5.56. The number of rotatable bonds is 3. The maximum absolute atomic E-state index is 10.1. The van der Waals surface area contributed by atoms with Crippen molar-refractivity contribution in [3.05, 3.63) is 11.6 Å². The highest BCUT2D eigenvalue weighted by molar-refractivity contribution is 5.85. The van der Waals surface area contributed by atoms with Crippen molar-refractivity contribution >= 4 is 16.9 Å². The van der Waals surface area contributed by atoms with E-state index in [9.17, 15) is 4.79 Å². The molecule has 0 unspecified atom stereocenters. The first-order chi connectivity index (χ1) is 4.18. The summed E-state index contributed by atoms with van der Waals surface area (Å²) >= 11 is 0. The largest absolute Gasteiger partial charge is 0.478 e. The van der Waals surface area contributed by atoms with Crippen molar-refractivity contribution in [3.8, 4) is 0 Å². The molecule has 0 aromatic carbocycles. The van der Waals surface area contributed by atoms with Crippen LogP contribution in [0.2, 0.25) is 0 Å². The Bertz CT molecular complexity index is 130. The van der Waals surface area contributed by atoms with Gasteiger partial charge in [-0.05, 0) is 24.3 Å². The van der Waals surface area contributed by atoms with E-state index >= 15 is 0 Å². The van der Waals surface area contributed by atoms with E-state index in [0.29, 0.717) is 5.57 Å². The third-order valence-corrected chi connectivity index (χ3v) is 1.08. The fraction of sp³-hybridized carbons (Fsp3) is 0.571. The average molecular weight is 160 g/mol. The minimum absolute atomic E-state index is 0. The molecular weight excluding hydrogens is 144 g/mol. The van der Waals surface area contributed by atoms with Gasteiger partial charge in [0.05, 0.1) is 0 Å². The summed E-state index contributed by atoms with van der Waals surface area (Å²) in [7, 11) is 0. The van der Waals surface area contributed by atoms with E-state index < -0.39 is 5.97 Å². The standard InChI is InChI=1S/C7H12O2.H4Si/c1-3-4-5-6(2)7(8)9;/h5H,3-4H2,1-2H3,(H,8,9);1H4. The molecule has 0 aromatic heterocycles. The lowest BCUT2D eigenvalue weighted by atomic mass is 10.2. The molecule has 0 saturated heterocycles. The van der Waals surface area contributed by atoms with Crippen LogP contribution in [-0.4, -0.2) is 22.0 Å². The molecule has 60 valence electrons. The predicted octanol–water partition coefficient (Wildman–Crippen LogP) is 0.366. The van der Waals surface area contributed by atoms with E-state index in [1.54, 1.807) is 13.0 Å². The van der Waals surface area contributed by atoms with Crippen LogP contribution in [0.1, 0.15) is 26.7 Å². The molecule has 0 rings (SSSR count). The van der Waals surface area contributed by atoms with Crippen LogP contribution in [-0.2, 0) is 4.79 Å². The zero-order valence-electron chi connectivity index (χ0n) is 5.85. The molecule has 0 aliphatic heterocycles. The normalized spacial score (nSPS) is 10.4. The summed E-state index contributed by atoms with van der Waals surface area (Å²) < 4.78 is 0. The number of allylic oxidation sites excluding steroid dienone is 1. The highest BCUT2D eigenvalue weighted by atomic mass is 28.1. The molecule has 0 aromatic rings. The summed E-state index contributed by atoms with van der Waals surface area (Å²) in [6.45, 7) is 3.63. The molecule has 0 radical (unpaired) electrons. The highest BCUT2D eigenvalue weighted by Crippen LogP contribution is 1.96. The Morgan fingerprint density at radius 3 is 2.40 bits per heavy atom. The van der Waals surface area contributed by atoms with Gasteiger partial charge in [0.2, 0.25) is 0 Å². The molecule has 0 amide bonds. The van der Waals surface area contributed by atoms with Crippen molar-refractivity contribution in [2.75, 3.05) is 0 Å². The zero-order chi connectivity index (χ0) is 7.28. The van der Waals surface area contributed by atoms with Crippen molar-refractivity contribution in [1.29, 1.82) is 0 Å². The van der Waals surface area contributed by atoms with Crippen LogP contribution >= 0.6 is 0 Å². The molecular formula is C7H16O2Si. The van der Waals surface area contributed by atoms with E-state index in [2.05, 4.69) is 0 Å². The number of carbonyl (C=O) groups is 1. The van der Waals surface area contributed by atoms with E-state index in [4.69, 9.17) is 5.11 Å². The summed E-state index contributed by atoms with van der Waals surface area (Å²) in [5.74, 6) is -0.816. The van der Waals surface area contributed by atoms with Crippen molar-refractivity contribution in [2.24, 2.45) is 0 Å². The second-order valence-electron chi connectivity index (χ2n) is 1.98. The van der Waals surface area contributed by atoms with Gasteiger partial charge in [-0.15, -0.1) is 0 Å². The van der Waals surface area contributed by atoms with Crippen LogP contribution in [0.4, 0.5) is 0 Å². The Hall–Kier alpha value is -0.573. The topological polar surface area (TPSA) is 37.3 Å². The SMILES string of the molecule is CCCC=C(C)C(=O)O.[SiH4]. The van der Waals surface area contributed by atoms with Crippen LogP contribution in [0.25, 0.3) is 0 Å². The molecule has 0 aliphatic carbocycles. The second kappa shape index (κ2) is 6.55. The number of hydrogen-bond acceptors (Lipinski definition) is 1. The molecule has 1 N–H and O–H groups in total. The van der Waals surface area contributed by atoms with Gasteiger partial charge in [0, 0.05) is 5.57 Å². The van der Waals surface area contributed by atoms with Crippen molar-refractivity contribution < 1.29 is 9.90 Å². The monoisotopic (exact) mass is 160 g/mol. The number of unbranched alkanes of at least 4 members (excludes halogenated alkanes) is 1. The molecule has 0 fully saturated rings. The summed E-state index contributed by atoms with van der Waals surface area (Å²) in [6.07, 6.45) is 3.60. The van der Waals surface area contributed by atoms with E-state index in [-0.39, 0.29) is 11.0 Å². The number of carboxylic acid groups (broad SMARTS) is 1. The van der Waals surface area contributed by atoms with Gasteiger partial charge >= 0.3 is 5.97 Å². The summed E-state index contributed by atoms with van der Waals surface area (Å²) in [6, 6.07) is 0. The maximum Gasteiger partial charge on any atom is 0.330 e. The first-order valence-corrected chi connectivity index (χ1v) is 3.08. The number of aliphatic carboxylic acids is 1. The van der Waals surface area contributed by atoms with Crippen LogP contribution in [0.3, 0.4) is 0 Å². The molecule has 0 bridgehead atoms. The fourth-order valence-electron chi connectivity index (χ4n) is 0.448. The molecule has 0 aliphatic rings. The fourth-order valence-corrected chi connectivity index (χ4v) is 0.448. The van der Waals surface area contributed by atoms with Gasteiger partial charge in [0.15, 0.2) is 0 Å². The second-order valence-corrected chi connectivity index (χ2v) is 1.98. The van der Waals surface area contributed by atoms with Gasteiger partial charge in [0.1, 0.15) is 0 Å². The van der Waals surface area contributed by atoms with Crippen molar-refractivity contribution in [3.63, 3.8) is 0 Å². The molecule has 0 atom stereocenters. The summed E-state index contributed by atoms with van der Waals surface area (Å²) in [4.78, 5) is 10.1. The van der Waals surface area contributed by atoms with Gasteiger partial charge in [-0.3, -0.25) is 0 Å². The van der Waals surface area contributed by atoms with Crippen molar-refractivity contribution in [2.45, 2.75) is 26.7 Å². The molecule has 10 heavy (non-hydrogen) atoms. The van der Waals surface area contributed by atoms with Gasteiger partial charge in [0.25, 0.3) is 0 Å². The quantitative estimate of drug-likeness (QED) is 0.478. The molecule has 0 heterocycles. The highest BCUT2D eigenvalue weighted by Gasteiger charge is 1.95. The Morgan fingerprint density at radius 1 is 1.60 bits per heavy atom. The third-order valence-electron chi connectivity index (χ3n) is 1.08. The lowest BCUT2D eigenvalue weighted by Crippen LogP contribution is -1.95. The minimum atomic E-state index is -0.816. The van der Waals surface area contributed by atoms with Gasteiger partial charge < -0.3 is 5.11 Å². The predicted molar refractivity (Wildman–Crippen MR) is 47.6 cm³/mol. The van der Waals surface area contributed by atoms with Crippen LogP contribution in [0.5, 0.6) is 0 Å². The number of carboxylic acids is 1. The van der Waals surface area contributed by atoms with Crippen LogP contribution in [0.15, 0.2) is 11.6 Å². The van der Waals surface area contributed by atoms with Gasteiger partial charge in [-0.25, -0.2) is 4.79 Å². The van der Waals surface area contributed by atoms with Crippen LogP contribution in [0, 0.1) is 0 Å². The van der Waals surface area contributed by atoms with E-state index in [1.165, 1.54) is 0 Å². The number of hydrogen-bond donors (Lipinski definition) is 1. The average Bonchev–Trinajstić information content (AvgIpc) is 1.82. The maximum atomic E-state index is 10.1. The zero-order valence-corrected chi connectivity index (χ0v) is 5.85. The Kier molecular flexibility index (Phi) is 7.94.